The zero-order chi connectivity index (χ0) is 56.4. The molecule has 0 aromatic rings. The van der Waals surface area contributed by atoms with Gasteiger partial charge in [-0.2, -0.15) is 0 Å². The third-order valence-electron chi connectivity index (χ3n) is 15.6. The molecule has 0 fully saturated rings. The summed E-state index contributed by atoms with van der Waals surface area (Å²) in [4.78, 5) is 38.3. The van der Waals surface area contributed by atoms with Crippen molar-refractivity contribution in [1.29, 1.82) is 0 Å². The molecule has 0 aliphatic heterocycles. The molecular weight excluding hydrogens is 961 g/mol. The van der Waals surface area contributed by atoms with Gasteiger partial charge in [-0.25, -0.2) is 0 Å². The molecule has 0 N–H and O–H groups in total. The van der Waals surface area contributed by atoms with Gasteiger partial charge in [-0.1, -0.05) is 326 Å². The molecule has 1 atom stereocenters. The van der Waals surface area contributed by atoms with Gasteiger partial charge in [-0.15, -0.1) is 0 Å². The maximum atomic E-state index is 12.9. The second-order valence-corrected chi connectivity index (χ2v) is 23.4. The highest BCUT2D eigenvalue weighted by molar-refractivity contribution is 5.71. The lowest BCUT2D eigenvalue weighted by atomic mass is 10.0. The average molecular weight is 1090 g/mol. The third kappa shape index (κ3) is 64.2. The summed E-state index contributed by atoms with van der Waals surface area (Å²) in [6, 6.07) is 0. The lowest BCUT2D eigenvalue weighted by Gasteiger charge is -2.18. The first-order chi connectivity index (χ1) is 38.5. The first-order valence-corrected chi connectivity index (χ1v) is 34.6. The van der Waals surface area contributed by atoms with Crippen LogP contribution in [0.15, 0.2) is 48.6 Å². The highest BCUT2D eigenvalue weighted by atomic mass is 16.6. The smallest absolute Gasteiger partial charge is 0.306 e. The Bertz CT molecular complexity index is 1350. The summed E-state index contributed by atoms with van der Waals surface area (Å²) in [5.74, 6) is -0.870. The third-order valence-corrected chi connectivity index (χ3v) is 15.6. The van der Waals surface area contributed by atoms with Crippen molar-refractivity contribution < 1.29 is 28.6 Å². The van der Waals surface area contributed by atoms with E-state index < -0.39 is 6.10 Å². The molecule has 0 aliphatic carbocycles. The van der Waals surface area contributed by atoms with E-state index in [-0.39, 0.29) is 31.1 Å². The largest absolute Gasteiger partial charge is 0.462 e. The van der Waals surface area contributed by atoms with Crippen LogP contribution in [0.2, 0.25) is 0 Å². The van der Waals surface area contributed by atoms with Gasteiger partial charge in [0.1, 0.15) is 13.2 Å². The van der Waals surface area contributed by atoms with Crippen molar-refractivity contribution in [2.75, 3.05) is 13.2 Å². The van der Waals surface area contributed by atoms with Crippen molar-refractivity contribution in [1.82, 2.24) is 0 Å². The Labute approximate surface area is 486 Å². The lowest BCUT2D eigenvalue weighted by molar-refractivity contribution is -0.167. The molecule has 1 unspecified atom stereocenters. The molecule has 0 spiro atoms. The second kappa shape index (κ2) is 66.9. The average Bonchev–Trinajstić information content (AvgIpc) is 3.44. The molecule has 6 heteroatoms. The van der Waals surface area contributed by atoms with Crippen LogP contribution in [0.25, 0.3) is 0 Å². The van der Waals surface area contributed by atoms with Crippen molar-refractivity contribution in [2.24, 2.45) is 0 Å². The van der Waals surface area contributed by atoms with Gasteiger partial charge in [0.2, 0.25) is 0 Å². The zero-order valence-corrected chi connectivity index (χ0v) is 52.5. The number of carbonyl (C=O) groups excluding carboxylic acids is 3. The van der Waals surface area contributed by atoms with Gasteiger partial charge in [0.15, 0.2) is 6.10 Å². The zero-order valence-electron chi connectivity index (χ0n) is 52.5. The summed E-state index contributed by atoms with van der Waals surface area (Å²) < 4.78 is 16.9. The number of ether oxygens (including phenoxy) is 3. The van der Waals surface area contributed by atoms with E-state index >= 15 is 0 Å². The molecule has 0 radical (unpaired) electrons. The van der Waals surface area contributed by atoms with Crippen LogP contribution >= 0.6 is 0 Å². The standard InChI is InChI=1S/C72H132O6/c1-4-7-10-13-16-19-22-24-26-28-30-32-34-35-36-38-39-41-43-45-47-50-53-56-59-62-65-71(74)77-68-69(67-76-70(73)64-61-58-55-52-49-21-18-15-12-9-6-3)78-72(75)66-63-60-57-54-51-48-46-44-42-40-37-33-31-29-27-25-23-20-17-14-11-8-5-2/h15,18,23,25,29,31,37,40,69H,4-14,16-17,19-22,24,26-28,30,32-36,38-39,41-68H2,1-3H3/b18-15-,25-23-,31-29-,40-37-. The van der Waals surface area contributed by atoms with E-state index in [2.05, 4.69) is 69.4 Å². The molecule has 0 heterocycles. The maximum absolute atomic E-state index is 12.9. The molecule has 78 heavy (non-hydrogen) atoms. The molecular formula is C72H132O6. The summed E-state index contributed by atoms with van der Waals surface area (Å²) in [5.41, 5.74) is 0. The normalized spacial score (nSPS) is 12.3. The summed E-state index contributed by atoms with van der Waals surface area (Å²) in [5, 5.41) is 0. The molecule has 0 rings (SSSR count). The first kappa shape index (κ1) is 75.4. The molecule has 0 aliphatic rings. The topological polar surface area (TPSA) is 78.9 Å². The molecule has 0 bridgehead atoms. The Kier molecular flexibility index (Phi) is 64.6. The van der Waals surface area contributed by atoms with E-state index in [1.165, 1.54) is 250 Å². The van der Waals surface area contributed by atoms with E-state index in [0.717, 1.165) is 83.5 Å². The molecule has 0 aromatic heterocycles. The number of hydrogen-bond acceptors (Lipinski definition) is 6. The van der Waals surface area contributed by atoms with Crippen LogP contribution < -0.4 is 0 Å². The Hall–Kier alpha value is -2.63. The highest BCUT2D eigenvalue weighted by Crippen LogP contribution is 2.18. The van der Waals surface area contributed by atoms with Crippen LogP contribution in [0.3, 0.4) is 0 Å². The summed E-state index contributed by atoms with van der Waals surface area (Å²) in [7, 11) is 0. The maximum Gasteiger partial charge on any atom is 0.306 e. The van der Waals surface area contributed by atoms with Crippen LogP contribution in [0.1, 0.15) is 374 Å². The summed E-state index contributed by atoms with van der Waals surface area (Å²) >= 11 is 0. The minimum Gasteiger partial charge on any atom is -0.462 e. The number of esters is 3. The fraction of sp³-hybridized carbons (Fsp3) is 0.847. The predicted molar refractivity (Wildman–Crippen MR) is 339 cm³/mol. The van der Waals surface area contributed by atoms with Crippen molar-refractivity contribution in [3.05, 3.63) is 48.6 Å². The molecule has 456 valence electrons. The van der Waals surface area contributed by atoms with Crippen LogP contribution in [0.5, 0.6) is 0 Å². The second-order valence-electron chi connectivity index (χ2n) is 23.4. The number of allylic oxidation sites excluding steroid dienone is 8. The van der Waals surface area contributed by atoms with Gasteiger partial charge in [0, 0.05) is 19.3 Å². The van der Waals surface area contributed by atoms with Crippen molar-refractivity contribution in [3.8, 4) is 0 Å². The van der Waals surface area contributed by atoms with Crippen LogP contribution in [0.4, 0.5) is 0 Å². The van der Waals surface area contributed by atoms with Gasteiger partial charge < -0.3 is 14.2 Å². The van der Waals surface area contributed by atoms with Crippen LogP contribution in [0, 0.1) is 0 Å². The van der Waals surface area contributed by atoms with E-state index in [1.54, 1.807) is 0 Å². The number of unbranched alkanes of at least 4 members (excludes halogenated alkanes) is 45. The van der Waals surface area contributed by atoms with Crippen molar-refractivity contribution >= 4 is 17.9 Å². The molecule has 6 nitrogen and oxygen atoms in total. The molecule has 0 saturated heterocycles. The first-order valence-electron chi connectivity index (χ1n) is 34.6. The number of hydrogen-bond donors (Lipinski definition) is 0. The number of rotatable bonds is 64. The van der Waals surface area contributed by atoms with E-state index in [9.17, 15) is 14.4 Å². The predicted octanol–water partition coefficient (Wildman–Crippen LogP) is 23.7. The van der Waals surface area contributed by atoms with Crippen molar-refractivity contribution in [2.45, 2.75) is 380 Å². The fourth-order valence-electron chi connectivity index (χ4n) is 10.3. The van der Waals surface area contributed by atoms with E-state index in [4.69, 9.17) is 14.2 Å². The molecule has 0 aromatic carbocycles. The summed E-state index contributed by atoms with van der Waals surface area (Å²) in [6.45, 7) is 6.64. The highest BCUT2D eigenvalue weighted by Gasteiger charge is 2.19. The number of carbonyl (C=O) groups is 3. The fourth-order valence-corrected chi connectivity index (χ4v) is 10.3. The minimum absolute atomic E-state index is 0.0751. The van der Waals surface area contributed by atoms with Crippen LogP contribution in [-0.4, -0.2) is 37.2 Å². The lowest BCUT2D eigenvalue weighted by Crippen LogP contribution is -2.30. The van der Waals surface area contributed by atoms with E-state index in [0.29, 0.717) is 19.3 Å². The Morgan fingerprint density at radius 3 is 0.769 bits per heavy atom. The van der Waals surface area contributed by atoms with Gasteiger partial charge in [-0.3, -0.25) is 14.4 Å². The van der Waals surface area contributed by atoms with Crippen molar-refractivity contribution in [3.63, 3.8) is 0 Å². The Balaban J connectivity index is 4.21. The monoisotopic (exact) mass is 1090 g/mol. The van der Waals surface area contributed by atoms with Gasteiger partial charge in [0.05, 0.1) is 0 Å². The summed E-state index contributed by atoms with van der Waals surface area (Å²) in [6.07, 6.45) is 84.3. The molecule has 0 amide bonds. The quantitative estimate of drug-likeness (QED) is 0.0261. The van der Waals surface area contributed by atoms with Crippen LogP contribution in [-0.2, 0) is 28.6 Å². The Morgan fingerprint density at radius 1 is 0.256 bits per heavy atom. The van der Waals surface area contributed by atoms with E-state index in [1.807, 2.05) is 0 Å². The minimum atomic E-state index is -0.780. The van der Waals surface area contributed by atoms with Gasteiger partial charge in [0.25, 0.3) is 0 Å². The van der Waals surface area contributed by atoms with Gasteiger partial charge >= 0.3 is 17.9 Å². The molecule has 0 saturated carbocycles. The Morgan fingerprint density at radius 2 is 0.474 bits per heavy atom. The van der Waals surface area contributed by atoms with Gasteiger partial charge in [-0.05, 0) is 77.0 Å². The SMILES string of the molecule is CCCC/C=C\CCCCCCCC(=O)OCC(COC(=O)CCCCCCCCCCCCCCCCCCCCCCCCCCCC)OC(=O)CCCCCCCCCC/C=C\C/C=C\C/C=C\CCCCCCC.